The largest absolute Gasteiger partial charge is 0.461 e. The first kappa shape index (κ1) is 12.9. The van der Waals surface area contributed by atoms with Crippen LogP contribution in [0.5, 0.6) is 0 Å². The zero-order chi connectivity index (χ0) is 13.2. The number of anilines is 1. The molecule has 2 rings (SSSR count). The van der Waals surface area contributed by atoms with Crippen LogP contribution in [0.25, 0.3) is 0 Å². The van der Waals surface area contributed by atoms with Crippen molar-refractivity contribution in [2.45, 2.75) is 26.3 Å². The summed E-state index contributed by atoms with van der Waals surface area (Å²) in [4.78, 5) is 17.8. The molecule has 0 spiro atoms. The number of nitrogens with one attached hydrogen (secondary N) is 1. The van der Waals surface area contributed by atoms with Gasteiger partial charge in [-0.2, -0.15) is 4.98 Å². The molecule has 1 aromatic heterocycles. The highest BCUT2D eigenvalue weighted by molar-refractivity contribution is 5.87. The maximum Gasteiger partial charge on any atom is 0.360 e. The molecule has 0 saturated carbocycles. The summed E-state index contributed by atoms with van der Waals surface area (Å²) < 4.78 is 10.3. The van der Waals surface area contributed by atoms with Gasteiger partial charge in [-0.05, 0) is 20.8 Å². The van der Waals surface area contributed by atoms with Crippen LogP contribution in [0.3, 0.4) is 0 Å². The normalized spacial score (nSPS) is 18.7. The Morgan fingerprint density at radius 2 is 2.44 bits per heavy atom. The van der Waals surface area contributed by atoms with E-state index in [0.29, 0.717) is 12.6 Å². The lowest BCUT2D eigenvalue weighted by Gasteiger charge is -2.41. The lowest BCUT2D eigenvalue weighted by atomic mass is 10.0. The highest BCUT2D eigenvalue weighted by atomic mass is 16.5. The molecule has 0 bridgehead atoms. The smallest absolute Gasteiger partial charge is 0.360 e. The minimum Gasteiger partial charge on any atom is -0.461 e. The van der Waals surface area contributed by atoms with Gasteiger partial charge >= 0.3 is 5.97 Å². The van der Waals surface area contributed by atoms with E-state index in [9.17, 15) is 4.79 Å². The van der Waals surface area contributed by atoms with Crippen molar-refractivity contribution in [2.24, 2.45) is 0 Å². The Balaban J connectivity index is 2.16. The van der Waals surface area contributed by atoms with Crippen LogP contribution in [0.15, 0.2) is 10.7 Å². The molecule has 0 amide bonds. The Morgan fingerprint density at radius 3 is 3.11 bits per heavy atom. The van der Waals surface area contributed by atoms with E-state index in [0.717, 1.165) is 19.6 Å². The van der Waals surface area contributed by atoms with Crippen molar-refractivity contribution in [2.75, 3.05) is 31.1 Å². The van der Waals surface area contributed by atoms with Gasteiger partial charge in [0.25, 0.3) is 6.01 Å². The second-order valence-electron chi connectivity index (χ2n) is 4.88. The summed E-state index contributed by atoms with van der Waals surface area (Å²) in [6.45, 7) is 8.83. The number of esters is 1. The van der Waals surface area contributed by atoms with Crippen LogP contribution in [0, 0.1) is 0 Å². The van der Waals surface area contributed by atoms with Gasteiger partial charge in [-0.15, -0.1) is 0 Å². The lowest BCUT2D eigenvalue weighted by molar-refractivity contribution is 0.0519. The van der Waals surface area contributed by atoms with Crippen molar-refractivity contribution < 1.29 is 13.9 Å². The Morgan fingerprint density at radius 1 is 1.67 bits per heavy atom. The Labute approximate surface area is 106 Å². The number of carbonyl (C=O) groups excluding carboxylic acids is 1. The summed E-state index contributed by atoms with van der Waals surface area (Å²) in [6.07, 6.45) is 1.35. The maximum atomic E-state index is 11.5. The Bertz CT molecular complexity index is 428. The van der Waals surface area contributed by atoms with Crippen molar-refractivity contribution >= 4 is 12.0 Å². The molecule has 1 fully saturated rings. The quantitative estimate of drug-likeness (QED) is 0.812. The molecule has 18 heavy (non-hydrogen) atoms. The van der Waals surface area contributed by atoms with Gasteiger partial charge < -0.3 is 19.4 Å². The summed E-state index contributed by atoms with van der Waals surface area (Å²) in [6, 6.07) is 0.476. The second kappa shape index (κ2) is 4.97. The lowest BCUT2D eigenvalue weighted by Crippen LogP contribution is -2.58. The van der Waals surface area contributed by atoms with Crippen LogP contribution in [0.1, 0.15) is 31.3 Å². The zero-order valence-electron chi connectivity index (χ0n) is 11.0. The van der Waals surface area contributed by atoms with Crippen LogP contribution >= 0.6 is 0 Å². The Hall–Kier alpha value is -1.56. The monoisotopic (exact) mass is 253 g/mol. The van der Waals surface area contributed by atoms with Crippen molar-refractivity contribution in [1.82, 2.24) is 10.3 Å². The van der Waals surface area contributed by atoms with Gasteiger partial charge in [0.15, 0.2) is 5.69 Å². The SMILES string of the molecule is CCOC(=O)c1coc(N2CCNCC2(C)C)n1. The molecule has 1 N–H and O–H groups in total. The topological polar surface area (TPSA) is 67.6 Å². The zero-order valence-corrected chi connectivity index (χ0v) is 11.0. The fourth-order valence-corrected chi connectivity index (χ4v) is 2.02. The third kappa shape index (κ3) is 2.48. The third-order valence-electron chi connectivity index (χ3n) is 3.01. The Kier molecular flexibility index (Phi) is 3.56. The van der Waals surface area contributed by atoms with E-state index in [1.54, 1.807) is 6.92 Å². The molecular weight excluding hydrogens is 234 g/mol. The van der Waals surface area contributed by atoms with Gasteiger partial charge in [-0.25, -0.2) is 4.79 Å². The molecule has 0 unspecified atom stereocenters. The highest BCUT2D eigenvalue weighted by Gasteiger charge is 2.33. The fourth-order valence-electron chi connectivity index (χ4n) is 2.02. The summed E-state index contributed by atoms with van der Waals surface area (Å²) in [5, 5.41) is 3.32. The molecule has 0 radical (unpaired) electrons. The predicted octanol–water partition coefficient (Wildman–Crippen LogP) is 1.04. The number of nitrogens with zero attached hydrogens (tertiary/aromatic N) is 2. The number of carbonyl (C=O) groups is 1. The first-order valence-electron chi connectivity index (χ1n) is 6.15. The van der Waals surface area contributed by atoms with Gasteiger partial charge in [-0.3, -0.25) is 0 Å². The van der Waals surface area contributed by atoms with Crippen LogP contribution in [-0.4, -0.2) is 42.7 Å². The van der Waals surface area contributed by atoms with Crippen LogP contribution in [0.2, 0.25) is 0 Å². The van der Waals surface area contributed by atoms with Crippen LogP contribution < -0.4 is 10.2 Å². The number of rotatable bonds is 3. The first-order valence-corrected chi connectivity index (χ1v) is 6.15. The molecule has 1 aliphatic rings. The minimum atomic E-state index is -0.444. The van der Waals surface area contributed by atoms with Gasteiger partial charge in [0.1, 0.15) is 6.26 Å². The number of hydrogen-bond acceptors (Lipinski definition) is 6. The van der Waals surface area contributed by atoms with Gasteiger partial charge in [-0.1, -0.05) is 0 Å². The molecule has 100 valence electrons. The van der Waals surface area contributed by atoms with Gasteiger partial charge in [0, 0.05) is 19.6 Å². The molecular formula is C12H19N3O3. The van der Waals surface area contributed by atoms with E-state index in [1.165, 1.54) is 6.26 Å². The van der Waals surface area contributed by atoms with Crippen molar-refractivity contribution in [3.63, 3.8) is 0 Å². The average molecular weight is 253 g/mol. The molecule has 0 aliphatic carbocycles. The fraction of sp³-hybridized carbons (Fsp3) is 0.667. The highest BCUT2D eigenvalue weighted by Crippen LogP contribution is 2.24. The van der Waals surface area contributed by atoms with Crippen molar-refractivity contribution in [3.05, 3.63) is 12.0 Å². The van der Waals surface area contributed by atoms with E-state index in [2.05, 4.69) is 29.0 Å². The summed E-state index contributed by atoms with van der Waals surface area (Å²) in [5.74, 6) is -0.444. The van der Waals surface area contributed by atoms with E-state index in [1.807, 2.05) is 0 Å². The predicted molar refractivity (Wildman–Crippen MR) is 66.8 cm³/mol. The number of ether oxygens (including phenoxy) is 1. The summed E-state index contributed by atoms with van der Waals surface area (Å²) in [7, 11) is 0. The standard InChI is InChI=1S/C12H19N3O3/c1-4-17-10(16)9-7-18-11(14-9)15-6-5-13-8-12(15,2)3/h7,13H,4-6,8H2,1-3H3. The summed E-state index contributed by atoms with van der Waals surface area (Å²) >= 11 is 0. The van der Waals surface area contributed by atoms with E-state index >= 15 is 0 Å². The van der Waals surface area contributed by atoms with Crippen LogP contribution in [-0.2, 0) is 4.74 Å². The van der Waals surface area contributed by atoms with E-state index < -0.39 is 5.97 Å². The van der Waals surface area contributed by atoms with Crippen LogP contribution in [0.4, 0.5) is 6.01 Å². The number of oxazole rings is 1. The molecule has 6 heteroatoms. The van der Waals surface area contributed by atoms with E-state index in [4.69, 9.17) is 9.15 Å². The maximum absolute atomic E-state index is 11.5. The molecule has 1 aromatic rings. The van der Waals surface area contributed by atoms with Gasteiger partial charge in [0.05, 0.1) is 12.1 Å². The van der Waals surface area contributed by atoms with Gasteiger partial charge in [0.2, 0.25) is 0 Å². The molecule has 1 saturated heterocycles. The minimum absolute atomic E-state index is 0.0883. The second-order valence-corrected chi connectivity index (χ2v) is 4.88. The number of aromatic nitrogens is 1. The molecule has 0 atom stereocenters. The molecule has 0 aromatic carbocycles. The summed E-state index contributed by atoms with van der Waals surface area (Å²) in [5.41, 5.74) is 0.135. The number of piperazine rings is 1. The molecule has 6 nitrogen and oxygen atoms in total. The number of hydrogen-bond donors (Lipinski definition) is 1. The average Bonchev–Trinajstić information content (AvgIpc) is 2.78. The van der Waals surface area contributed by atoms with Crippen molar-refractivity contribution in [1.29, 1.82) is 0 Å². The third-order valence-corrected chi connectivity index (χ3v) is 3.01. The van der Waals surface area contributed by atoms with Crippen molar-refractivity contribution in [3.8, 4) is 0 Å². The first-order chi connectivity index (χ1) is 8.54. The van der Waals surface area contributed by atoms with E-state index in [-0.39, 0.29) is 11.2 Å². The molecule has 2 heterocycles. The molecule has 1 aliphatic heterocycles.